The summed E-state index contributed by atoms with van der Waals surface area (Å²) in [5.41, 5.74) is 0. The van der Waals surface area contributed by atoms with Crippen LogP contribution in [-0.4, -0.2) is 127 Å². The van der Waals surface area contributed by atoms with Gasteiger partial charge >= 0.3 is 8.80 Å². The Bertz CT molecular complexity index is 530. The van der Waals surface area contributed by atoms with Gasteiger partial charge in [0.1, 0.15) is 12.6 Å². The lowest BCUT2D eigenvalue weighted by Gasteiger charge is -2.43. The maximum Gasteiger partial charge on any atom is 0.469 e. The van der Waals surface area contributed by atoms with Crippen LogP contribution in [0.3, 0.4) is 0 Å². The van der Waals surface area contributed by atoms with Crippen molar-refractivity contribution in [3.05, 3.63) is 0 Å². The van der Waals surface area contributed by atoms with E-state index in [1.54, 1.807) is 0 Å². The third-order valence-electron chi connectivity index (χ3n) is 4.65. The monoisotopic (exact) mass is 554 g/mol. The molecule has 0 saturated heterocycles. The van der Waals surface area contributed by atoms with Crippen molar-refractivity contribution in [2.45, 2.75) is 83.9 Å². The predicted octanol–water partition coefficient (Wildman–Crippen LogP) is 4.19. The summed E-state index contributed by atoms with van der Waals surface area (Å²) in [6, 6.07) is 0.849. The predicted molar refractivity (Wildman–Crippen MR) is 157 cm³/mol. The lowest BCUT2D eigenvalue weighted by molar-refractivity contribution is -0.873. The molecule has 0 bridgehead atoms. The van der Waals surface area contributed by atoms with E-state index < -0.39 is 33.8 Å². The third kappa shape index (κ3) is 19.7. The van der Waals surface area contributed by atoms with Gasteiger partial charge in [-0.25, -0.2) is 0 Å². The highest BCUT2D eigenvalue weighted by Gasteiger charge is 2.49. The second kappa shape index (κ2) is 13.9. The van der Waals surface area contributed by atoms with Gasteiger partial charge in [-0.15, -0.1) is 0 Å². The van der Waals surface area contributed by atoms with Gasteiger partial charge in [-0.2, -0.15) is 0 Å². The Balaban J connectivity index is 5.55. The second-order valence-electron chi connectivity index (χ2n) is 14.0. The summed E-state index contributed by atoms with van der Waals surface area (Å²) in [4.78, 5) is 4.66. The van der Waals surface area contributed by atoms with Gasteiger partial charge in [0.05, 0.1) is 21.1 Å². The van der Waals surface area contributed by atoms with Crippen molar-refractivity contribution < 1.29 is 21.9 Å². The minimum atomic E-state index is -2.81. The van der Waals surface area contributed by atoms with Crippen molar-refractivity contribution >= 4 is 33.8 Å². The van der Waals surface area contributed by atoms with Crippen LogP contribution in [0.2, 0.25) is 65.0 Å². The standard InChI is InChI=1S/C23H60N3O4Si4/c1-24(2)17-15-18-25(21-23(27)22-26(3,4)5)19-16-20-34(28-31(6,7)8,29-32(9,10)11)30-33(12,13)14/h23,27H,15-22H2,1-14H3/q+1. The van der Waals surface area contributed by atoms with Gasteiger partial charge in [0.25, 0.3) is 0 Å². The van der Waals surface area contributed by atoms with E-state index in [4.69, 9.17) is 12.3 Å². The summed E-state index contributed by atoms with van der Waals surface area (Å²) in [7, 11) is 2.24. The Morgan fingerprint density at radius 3 is 1.47 bits per heavy atom. The fourth-order valence-corrected chi connectivity index (χ4v) is 18.7. The molecule has 0 rings (SSSR count). The lowest BCUT2D eigenvalue weighted by Crippen LogP contribution is -2.60. The van der Waals surface area contributed by atoms with Crippen LogP contribution in [0.4, 0.5) is 0 Å². The zero-order chi connectivity index (χ0) is 27.0. The molecular formula is C23H60N3O4Si4+. The number of nitrogens with zero attached hydrogens (tertiary/aromatic N) is 3. The first kappa shape index (κ1) is 34.6. The van der Waals surface area contributed by atoms with E-state index in [9.17, 15) is 5.11 Å². The fraction of sp³-hybridized carbons (Fsp3) is 1.00. The molecule has 0 radical (unpaired) electrons. The molecule has 0 aliphatic carbocycles. The minimum Gasteiger partial charge on any atom is -0.417 e. The molecule has 7 nitrogen and oxygen atoms in total. The highest BCUT2D eigenvalue weighted by atomic mass is 28.5. The molecule has 0 aliphatic rings. The number of rotatable bonds is 18. The van der Waals surface area contributed by atoms with Crippen molar-refractivity contribution in [2.24, 2.45) is 0 Å². The first-order chi connectivity index (χ1) is 15.0. The molecule has 0 saturated carbocycles. The molecule has 0 aromatic heterocycles. The zero-order valence-corrected chi connectivity index (χ0v) is 29.2. The molecule has 11 heteroatoms. The van der Waals surface area contributed by atoms with E-state index in [1.165, 1.54) is 0 Å². The maximum absolute atomic E-state index is 10.8. The van der Waals surface area contributed by atoms with Crippen molar-refractivity contribution in [1.29, 1.82) is 0 Å². The van der Waals surface area contributed by atoms with E-state index in [2.05, 4.69) is 104 Å². The van der Waals surface area contributed by atoms with Gasteiger partial charge in [-0.05, 0) is 105 Å². The number of aliphatic hydroxyl groups is 1. The molecule has 0 amide bonds. The average molecular weight is 555 g/mol. The van der Waals surface area contributed by atoms with Crippen LogP contribution in [-0.2, 0) is 12.3 Å². The molecule has 1 atom stereocenters. The number of likely N-dealkylation sites (N-methyl/N-ethyl adjacent to an activating group) is 1. The summed E-state index contributed by atoms with van der Waals surface area (Å²) in [6.45, 7) is 24.6. The van der Waals surface area contributed by atoms with Gasteiger partial charge in [0, 0.05) is 12.6 Å². The molecule has 0 aliphatic heterocycles. The largest absolute Gasteiger partial charge is 0.469 e. The lowest BCUT2D eigenvalue weighted by atomic mass is 10.2. The fourth-order valence-electron chi connectivity index (χ4n) is 4.03. The van der Waals surface area contributed by atoms with Gasteiger partial charge in [-0.3, -0.25) is 0 Å². The molecule has 0 aromatic carbocycles. The van der Waals surface area contributed by atoms with Gasteiger partial charge < -0.3 is 31.7 Å². The van der Waals surface area contributed by atoms with Gasteiger partial charge in [0.2, 0.25) is 0 Å². The molecule has 0 aromatic rings. The van der Waals surface area contributed by atoms with Crippen molar-refractivity contribution in [1.82, 2.24) is 9.80 Å². The summed E-state index contributed by atoms with van der Waals surface area (Å²) in [5.74, 6) is 0. The number of hydrogen-bond donors (Lipinski definition) is 1. The highest BCUT2D eigenvalue weighted by molar-refractivity contribution is 6.90. The Labute approximate surface area is 217 Å². The number of hydrogen-bond acceptors (Lipinski definition) is 6. The summed E-state index contributed by atoms with van der Waals surface area (Å²) in [6.07, 6.45) is 1.72. The second-order valence-corrected chi connectivity index (χ2v) is 31.0. The molecule has 0 spiro atoms. The Morgan fingerprint density at radius 1 is 0.706 bits per heavy atom. The van der Waals surface area contributed by atoms with Crippen LogP contribution in [0.15, 0.2) is 0 Å². The molecule has 0 fully saturated rings. The minimum absolute atomic E-state index is 0.337. The Kier molecular flexibility index (Phi) is 14.2. The van der Waals surface area contributed by atoms with E-state index in [1.807, 2.05) is 0 Å². The molecule has 0 heterocycles. The molecular weight excluding hydrogens is 495 g/mol. The normalized spacial score (nSPS) is 15.4. The van der Waals surface area contributed by atoms with Gasteiger partial charge in [-0.1, -0.05) is 0 Å². The van der Waals surface area contributed by atoms with Crippen LogP contribution >= 0.6 is 0 Å². The first-order valence-corrected chi connectivity index (χ1v) is 25.1. The van der Waals surface area contributed by atoms with Crippen LogP contribution < -0.4 is 0 Å². The average Bonchev–Trinajstić information content (AvgIpc) is 2.46. The summed E-state index contributed by atoms with van der Waals surface area (Å²) in [5, 5.41) is 10.8. The molecule has 1 unspecified atom stereocenters. The van der Waals surface area contributed by atoms with E-state index in [-0.39, 0.29) is 6.10 Å². The van der Waals surface area contributed by atoms with Crippen molar-refractivity contribution in [2.75, 3.05) is 68.0 Å². The SMILES string of the molecule is CN(C)CCCN(CCC[Si](O[Si](C)(C)C)(O[Si](C)(C)C)O[Si](C)(C)C)CC(O)C[N+](C)(C)C. The Hall–Kier alpha value is 0.588. The highest BCUT2D eigenvalue weighted by Crippen LogP contribution is 2.30. The first-order valence-electron chi connectivity index (χ1n) is 13.0. The number of quaternary nitrogens is 1. The molecule has 1 N–H and O–H groups in total. The van der Waals surface area contributed by atoms with Crippen LogP contribution in [0.5, 0.6) is 0 Å². The quantitative estimate of drug-likeness (QED) is 0.203. The molecule has 34 heavy (non-hydrogen) atoms. The van der Waals surface area contributed by atoms with Crippen LogP contribution in [0.1, 0.15) is 12.8 Å². The zero-order valence-electron chi connectivity index (χ0n) is 25.2. The van der Waals surface area contributed by atoms with Crippen LogP contribution in [0.25, 0.3) is 0 Å². The van der Waals surface area contributed by atoms with E-state index in [0.717, 1.165) is 49.5 Å². The topological polar surface area (TPSA) is 54.4 Å². The van der Waals surface area contributed by atoms with Crippen LogP contribution in [0, 0.1) is 0 Å². The maximum atomic E-state index is 10.8. The van der Waals surface area contributed by atoms with E-state index >= 15 is 0 Å². The van der Waals surface area contributed by atoms with E-state index in [0.29, 0.717) is 6.54 Å². The van der Waals surface area contributed by atoms with Crippen molar-refractivity contribution in [3.8, 4) is 0 Å². The Morgan fingerprint density at radius 2 is 1.12 bits per heavy atom. The van der Waals surface area contributed by atoms with Gasteiger partial charge in [0.15, 0.2) is 25.0 Å². The number of aliphatic hydroxyl groups excluding tert-OH is 1. The van der Waals surface area contributed by atoms with Crippen molar-refractivity contribution in [3.63, 3.8) is 0 Å². The smallest absolute Gasteiger partial charge is 0.417 e. The third-order valence-corrected chi connectivity index (χ3v) is 16.7. The molecule has 206 valence electrons. The summed E-state index contributed by atoms with van der Waals surface area (Å²) >= 11 is 0. The summed E-state index contributed by atoms with van der Waals surface area (Å²) < 4.78 is 21.3.